The zero-order valence-corrected chi connectivity index (χ0v) is 11.7. The summed E-state index contributed by atoms with van der Waals surface area (Å²) in [5.74, 6) is 0.498. The molecule has 0 unspecified atom stereocenters. The van der Waals surface area contributed by atoms with Gasteiger partial charge in [0.1, 0.15) is 5.01 Å². The van der Waals surface area contributed by atoms with Crippen molar-refractivity contribution >= 4 is 16.5 Å². The van der Waals surface area contributed by atoms with Crippen molar-refractivity contribution in [2.24, 2.45) is 5.92 Å². The third-order valence-corrected chi connectivity index (χ3v) is 4.18. The number of piperidine rings is 1. The minimum absolute atomic E-state index is 0.331. The van der Waals surface area contributed by atoms with Crippen LogP contribution in [0.15, 0.2) is 0 Å². The van der Waals surface area contributed by atoms with Gasteiger partial charge in [0.05, 0.1) is 6.54 Å². The van der Waals surface area contributed by atoms with E-state index in [9.17, 15) is 0 Å². The summed E-state index contributed by atoms with van der Waals surface area (Å²) in [6.45, 7) is 6.43. The van der Waals surface area contributed by atoms with E-state index < -0.39 is 0 Å². The number of anilines is 1. The molecule has 6 heteroatoms. The molecular formula is C12H22N4OS. The Labute approximate surface area is 112 Å². The van der Waals surface area contributed by atoms with Gasteiger partial charge in [-0.15, -0.1) is 10.2 Å². The number of likely N-dealkylation sites (tertiary alicyclic amines) is 1. The molecule has 2 N–H and O–H groups in total. The summed E-state index contributed by atoms with van der Waals surface area (Å²) >= 11 is 1.65. The predicted octanol–water partition coefficient (Wildman–Crippen LogP) is 1.56. The molecule has 102 valence electrons. The van der Waals surface area contributed by atoms with E-state index in [1.807, 2.05) is 0 Å². The van der Waals surface area contributed by atoms with Crippen LogP contribution in [0, 0.1) is 5.92 Å². The molecule has 0 saturated carbocycles. The van der Waals surface area contributed by atoms with E-state index >= 15 is 0 Å². The van der Waals surface area contributed by atoms with Crippen LogP contribution in [0.2, 0.25) is 0 Å². The number of nitrogens with one attached hydrogen (secondary N) is 1. The number of aliphatic hydroxyl groups is 1. The number of hydrogen-bond acceptors (Lipinski definition) is 6. The summed E-state index contributed by atoms with van der Waals surface area (Å²) in [6, 6.07) is 0. The quantitative estimate of drug-likeness (QED) is 0.821. The Morgan fingerprint density at radius 2 is 2.17 bits per heavy atom. The van der Waals surface area contributed by atoms with Gasteiger partial charge in [0.2, 0.25) is 5.13 Å². The van der Waals surface area contributed by atoms with Gasteiger partial charge in [0.25, 0.3) is 0 Å². The fourth-order valence-corrected chi connectivity index (χ4v) is 2.95. The van der Waals surface area contributed by atoms with Gasteiger partial charge in [-0.2, -0.15) is 0 Å². The smallest absolute Gasteiger partial charge is 0.205 e. The monoisotopic (exact) mass is 270 g/mol. The molecule has 2 heterocycles. The van der Waals surface area contributed by atoms with Crippen molar-refractivity contribution in [1.29, 1.82) is 0 Å². The van der Waals surface area contributed by atoms with Crippen molar-refractivity contribution in [3.8, 4) is 0 Å². The number of nitrogens with zero attached hydrogens (tertiary/aromatic N) is 3. The predicted molar refractivity (Wildman–Crippen MR) is 73.8 cm³/mol. The first-order chi connectivity index (χ1) is 8.81. The molecule has 1 saturated heterocycles. The van der Waals surface area contributed by atoms with E-state index in [-0.39, 0.29) is 0 Å². The van der Waals surface area contributed by atoms with Gasteiger partial charge < -0.3 is 10.4 Å². The topological polar surface area (TPSA) is 61.3 Å². The van der Waals surface area contributed by atoms with Gasteiger partial charge >= 0.3 is 0 Å². The molecule has 18 heavy (non-hydrogen) atoms. The van der Waals surface area contributed by atoms with Crippen LogP contribution in [0.1, 0.15) is 31.2 Å². The molecule has 1 aliphatic rings. The number of aliphatic hydroxyl groups excluding tert-OH is 1. The van der Waals surface area contributed by atoms with Crippen molar-refractivity contribution in [3.63, 3.8) is 0 Å². The summed E-state index contributed by atoms with van der Waals surface area (Å²) in [5.41, 5.74) is 0. The second-order valence-corrected chi connectivity index (χ2v) is 5.89. The van der Waals surface area contributed by atoms with Gasteiger partial charge in [-0.05, 0) is 38.3 Å². The zero-order valence-electron chi connectivity index (χ0n) is 10.9. The average Bonchev–Trinajstić information content (AvgIpc) is 2.85. The molecule has 1 aromatic rings. The van der Waals surface area contributed by atoms with Crippen molar-refractivity contribution < 1.29 is 5.11 Å². The van der Waals surface area contributed by atoms with Crippen LogP contribution in [0.25, 0.3) is 0 Å². The maximum Gasteiger partial charge on any atom is 0.205 e. The molecule has 0 aromatic carbocycles. The third kappa shape index (κ3) is 3.90. The Hall–Kier alpha value is -0.720. The molecule has 0 bridgehead atoms. The van der Waals surface area contributed by atoms with Crippen LogP contribution < -0.4 is 5.32 Å². The fraction of sp³-hybridized carbons (Fsp3) is 0.833. The first-order valence-corrected chi connectivity index (χ1v) is 7.53. The van der Waals surface area contributed by atoms with Crippen LogP contribution in [-0.4, -0.2) is 46.4 Å². The van der Waals surface area contributed by atoms with E-state index in [2.05, 4.69) is 27.3 Å². The molecule has 0 spiro atoms. The molecule has 2 rings (SSSR count). The Morgan fingerprint density at radius 3 is 2.83 bits per heavy atom. The summed E-state index contributed by atoms with van der Waals surface area (Å²) in [5, 5.41) is 22.7. The Kier molecular flexibility index (Phi) is 5.34. The Morgan fingerprint density at radius 1 is 1.39 bits per heavy atom. The zero-order chi connectivity index (χ0) is 12.8. The van der Waals surface area contributed by atoms with Crippen molar-refractivity contribution in [1.82, 2.24) is 15.1 Å². The lowest BCUT2D eigenvalue weighted by Crippen LogP contribution is -2.34. The third-order valence-electron chi connectivity index (χ3n) is 3.32. The first-order valence-electron chi connectivity index (χ1n) is 6.71. The summed E-state index contributed by atoms with van der Waals surface area (Å²) in [4.78, 5) is 2.40. The molecule has 0 atom stereocenters. The van der Waals surface area contributed by atoms with Gasteiger partial charge in [-0.3, -0.25) is 4.90 Å². The maximum absolute atomic E-state index is 9.11. The normalized spacial score (nSPS) is 18.1. The minimum atomic E-state index is 0.331. The fourth-order valence-electron chi connectivity index (χ4n) is 2.14. The van der Waals surface area contributed by atoms with E-state index in [0.717, 1.165) is 55.6 Å². The van der Waals surface area contributed by atoms with Crippen LogP contribution in [0.4, 0.5) is 5.13 Å². The Bertz CT molecular complexity index is 350. The van der Waals surface area contributed by atoms with E-state index in [0.29, 0.717) is 12.5 Å². The van der Waals surface area contributed by atoms with E-state index in [1.165, 1.54) is 0 Å². The Balaban J connectivity index is 1.77. The summed E-state index contributed by atoms with van der Waals surface area (Å²) < 4.78 is 0. The number of hydrogen-bond donors (Lipinski definition) is 2. The lowest BCUT2D eigenvalue weighted by molar-refractivity contribution is 0.127. The highest BCUT2D eigenvalue weighted by Gasteiger charge is 2.19. The van der Waals surface area contributed by atoms with Gasteiger partial charge in [-0.25, -0.2) is 0 Å². The van der Waals surface area contributed by atoms with Crippen LogP contribution >= 0.6 is 11.3 Å². The van der Waals surface area contributed by atoms with Gasteiger partial charge in [-0.1, -0.05) is 18.3 Å². The summed E-state index contributed by atoms with van der Waals surface area (Å²) in [7, 11) is 0. The SMILES string of the molecule is CCCNc1nnc(CN2CCC(CO)CC2)s1. The largest absolute Gasteiger partial charge is 0.396 e. The molecule has 1 fully saturated rings. The molecule has 1 aromatic heterocycles. The molecule has 0 amide bonds. The molecule has 1 aliphatic heterocycles. The van der Waals surface area contributed by atoms with E-state index in [4.69, 9.17) is 5.11 Å². The standard InChI is InChI=1S/C12H22N4OS/c1-2-5-13-12-15-14-11(18-12)8-16-6-3-10(9-17)4-7-16/h10,17H,2-9H2,1H3,(H,13,15). The molecule has 0 aliphatic carbocycles. The van der Waals surface area contributed by atoms with Crippen molar-refractivity contribution in [2.45, 2.75) is 32.7 Å². The molecular weight excluding hydrogens is 248 g/mol. The number of aromatic nitrogens is 2. The lowest BCUT2D eigenvalue weighted by Gasteiger charge is -2.30. The van der Waals surface area contributed by atoms with Crippen molar-refractivity contribution in [3.05, 3.63) is 5.01 Å². The number of rotatable bonds is 6. The maximum atomic E-state index is 9.11. The van der Waals surface area contributed by atoms with Gasteiger partial charge in [0, 0.05) is 13.2 Å². The van der Waals surface area contributed by atoms with Crippen LogP contribution in [-0.2, 0) is 6.54 Å². The summed E-state index contributed by atoms with van der Waals surface area (Å²) in [6.07, 6.45) is 3.29. The molecule has 5 nitrogen and oxygen atoms in total. The molecule has 0 radical (unpaired) electrons. The van der Waals surface area contributed by atoms with Gasteiger partial charge in [0.15, 0.2) is 0 Å². The second-order valence-electron chi connectivity index (χ2n) is 4.83. The van der Waals surface area contributed by atoms with Crippen LogP contribution in [0.3, 0.4) is 0 Å². The highest BCUT2D eigenvalue weighted by molar-refractivity contribution is 7.15. The lowest BCUT2D eigenvalue weighted by atomic mass is 9.98. The minimum Gasteiger partial charge on any atom is -0.396 e. The van der Waals surface area contributed by atoms with E-state index in [1.54, 1.807) is 11.3 Å². The highest BCUT2D eigenvalue weighted by Crippen LogP contribution is 2.21. The van der Waals surface area contributed by atoms with Crippen LogP contribution in [0.5, 0.6) is 0 Å². The second kappa shape index (κ2) is 7.01. The average molecular weight is 270 g/mol. The first kappa shape index (κ1) is 13.7. The highest BCUT2D eigenvalue weighted by atomic mass is 32.1. The van der Waals surface area contributed by atoms with Crippen molar-refractivity contribution in [2.75, 3.05) is 31.6 Å².